The van der Waals surface area contributed by atoms with E-state index in [2.05, 4.69) is 20.8 Å². The number of amides is 1. The van der Waals surface area contributed by atoms with Gasteiger partial charge in [-0.1, -0.05) is 28.4 Å². The summed E-state index contributed by atoms with van der Waals surface area (Å²) in [6.45, 7) is 4.30. The van der Waals surface area contributed by atoms with E-state index in [0.717, 1.165) is 36.0 Å². The molecule has 4 heteroatoms. The lowest BCUT2D eigenvalue weighted by Crippen LogP contribution is -2.48. The van der Waals surface area contributed by atoms with Crippen LogP contribution in [0, 0.1) is 0 Å². The van der Waals surface area contributed by atoms with Crippen LogP contribution in [0.2, 0.25) is 0 Å². The molecule has 114 valence electrons. The molecule has 0 atom stereocenters. The smallest absolute Gasteiger partial charge is 0.253 e. The predicted molar refractivity (Wildman–Crippen MR) is 88.5 cm³/mol. The highest BCUT2D eigenvalue weighted by Crippen LogP contribution is 2.22. The van der Waals surface area contributed by atoms with Gasteiger partial charge in [-0.05, 0) is 57.0 Å². The van der Waals surface area contributed by atoms with Crippen LogP contribution in [-0.4, -0.2) is 47.9 Å². The standard InChI is InChI=1S/C17H23BrN2O/c18-15-6-4-5-14(13-15)17(21)20-11-7-16(8-12-20)19-9-2-1-3-10-19/h4-6,13,16H,1-3,7-12H2. The predicted octanol–water partition coefficient (Wildman–Crippen LogP) is 3.54. The molecule has 3 nitrogen and oxygen atoms in total. The normalized spacial score (nSPS) is 21.5. The van der Waals surface area contributed by atoms with E-state index in [-0.39, 0.29) is 5.91 Å². The van der Waals surface area contributed by atoms with Crippen molar-refractivity contribution in [2.45, 2.75) is 38.1 Å². The van der Waals surface area contributed by atoms with E-state index < -0.39 is 0 Å². The minimum atomic E-state index is 0.174. The average molecular weight is 351 g/mol. The average Bonchev–Trinajstić information content (AvgIpc) is 2.55. The van der Waals surface area contributed by atoms with Crippen molar-refractivity contribution in [3.8, 4) is 0 Å². The largest absolute Gasteiger partial charge is 0.339 e. The van der Waals surface area contributed by atoms with E-state index in [1.807, 2.05) is 29.2 Å². The molecule has 0 spiro atoms. The maximum absolute atomic E-state index is 12.5. The lowest BCUT2D eigenvalue weighted by molar-refractivity contribution is 0.0590. The zero-order valence-electron chi connectivity index (χ0n) is 12.4. The second-order valence-corrected chi connectivity index (χ2v) is 7.05. The molecular formula is C17H23BrN2O. The molecule has 21 heavy (non-hydrogen) atoms. The van der Waals surface area contributed by atoms with Gasteiger partial charge in [-0.15, -0.1) is 0 Å². The molecule has 0 bridgehead atoms. The van der Waals surface area contributed by atoms with Crippen LogP contribution in [0.4, 0.5) is 0 Å². The molecule has 0 saturated carbocycles. The van der Waals surface area contributed by atoms with Crippen LogP contribution in [0.3, 0.4) is 0 Å². The fourth-order valence-electron chi connectivity index (χ4n) is 3.52. The van der Waals surface area contributed by atoms with Gasteiger partial charge in [-0.2, -0.15) is 0 Å². The zero-order valence-corrected chi connectivity index (χ0v) is 14.0. The first-order valence-electron chi connectivity index (χ1n) is 8.03. The molecule has 0 radical (unpaired) electrons. The minimum absolute atomic E-state index is 0.174. The topological polar surface area (TPSA) is 23.6 Å². The zero-order chi connectivity index (χ0) is 14.7. The first-order chi connectivity index (χ1) is 10.2. The first kappa shape index (κ1) is 15.0. The minimum Gasteiger partial charge on any atom is -0.339 e. The number of hydrogen-bond donors (Lipinski definition) is 0. The molecule has 1 aromatic carbocycles. The van der Waals surface area contributed by atoms with Gasteiger partial charge < -0.3 is 9.80 Å². The van der Waals surface area contributed by atoms with E-state index in [4.69, 9.17) is 0 Å². The first-order valence-corrected chi connectivity index (χ1v) is 8.82. The molecule has 3 rings (SSSR count). The number of carbonyl (C=O) groups is 1. The highest BCUT2D eigenvalue weighted by Gasteiger charge is 2.27. The molecule has 2 fully saturated rings. The van der Waals surface area contributed by atoms with Gasteiger partial charge in [-0.3, -0.25) is 4.79 Å². The van der Waals surface area contributed by atoms with E-state index in [1.54, 1.807) is 0 Å². The van der Waals surface area contributed by atoms with Crippen molar-refractivity contribution < 1.29 is 4.79 Å². The van der Waals surface area contributed by atoms with Crippen molar-refractivity contribution >= 4 is 21.8 Å². The van der Waals surface area contributed by atoms with Crippen LogP contribution in [0.15, 0.2) is 28.7 Å². The van der Waals surface area contributed by atoms with Crippen molar-refractivity contribution in [2.24, 2.45) is 0 Å². The number of piperidine rings is 2. The summed E-state index contributed by atoms with van der Waals surface area (Å²) in [7, 11) is 0. The Morgan fingerprint density at radius 3 is 2.43 bits per heavy atom. The van der Waals surface area contributed by atoms with E-state index in [1.165, 1.54) is 32.4 Å². The Balaban J connectivity index is 1.56. The van der Waals surface area contributed by atoms with Gasteiger partial charge in [0.2, 0.25) is 0 Å². The second-order valence-electron chi connectivity index (χ2n) is 6.13. The third-order valence-electron chi connectivity index (χ3n) is 4.73. The summed E-state index contributed by atoms with van der Waals surface area (Å²) in [6.07, 6.45) is 6.32. The molecule has 2 saturated heterocycles. The Kier molecular flexibility index (Phi) is 4.96. The van der Waals surface area contributed by atoms with Gasteiger partial charge in [0, 0.05) is 29.2 Å². The summed E-state index contributed by atoms with van der Waals surface area (Å²) in [5.41, 5.74) is 0.792. The number of likely N-dealkylation sites (tertiary alicyclic amines) is 2. The number of hydrogen-bond acceptors (Lipinski definition) is 2. The summed E-state index contributed by atoms with van der Waals surface area (Å²) in [6, 6.07) is 8.40. The summed E-state index contributed by atoms with van der Waals surface area (Å²) >= 11 is 3.44. The molecule has 2 aliphatic heterocycles. The number of carbonyl (C=O) groups excluding carboxylic acids is 1. The SMILES string of the molecule is O=C(c1cccc(Br)c1)N1CCC(N2CCCCC2)CC1. The van der Waals surface area contributed by atoms with Gasteiger partial charge >= 0.3 is 0 Å². The van der Waals surface area contributed by atoms with E-state index >= 15 is 0 Å². The van der Waals surface area contributed by atoms with Gasteiger partial charge in [-0.25, -0.2) is 0 Å². The third-order valence-corrected chi connectivity index (χ3v) is 5.22. The molecule has 0 aliphatic carbocycles. The summed E-state index contributed by atoms with van der Waals surface area (Å²) in [5, 5.41) is 0. The van der Waals surface area contributed by atoms with Gasteiger partial charge in [0.1, 0.15) is 0 Å². The van der Waals surface area contributed by atoms with Gasteiger partial charge in [0.05, 0.1) is 0 Å². The Morgan fingerprint density at radius 1 is 1.05 bits per heavy atom. The van der Waals surface area contributed by atoms with Crippen LogP contribution >= 0.6 is 15.9 Å². The molecule has 0 unspecified atom stereocenters. The van der Waals surface area contributed by atoms with Crippen LogP contribution in [0.25, 0.3) is 0 Å². The number of nitrogens with zero attached hydrogens (tertiary/aromatic N) is 2. The van der Waals surface area contributed by atoms with Crippen molar-refractivity contribution in [1.29, 1.82) is 0 Å². The lowest BCUT2D eigenvalue weighted by Gasteiger charge is -2.40. The number of benzene rings is 1. The van der Waals surface area contributed by atoms with E-state index in [0.29, 0.717) is 6.04 Å². The highest BCUT2D eigenvalue weighted by molar-refractivity contribution is 9.10. The molecule has 1 amide bonds. The molecule has 2 aliphatic rings. The summed E-state index contributed by atoms with van der Waals surface area (Å²) in [5.74, 6) is 0.174. The highest BCUT2D eigenvalue weighted by atomic mass is 79.9. The molecular weight excluding hydrogens is 328 g/mol. The lowest BCUT2D eigenvalue weighted by atomic mass is 9.99. The van der Waals surface area contributed by atoms with Crippen molar-refractivity contribution in [1.82, 2.24) is 9.80 Å². The summed E-state index contributed by atoms with van der Waals surface area (Å²) in [4.78, 5) is 17.2. The number of rotatable bonds is 2. The van der Waals surface area contributed by atoms with Crippen LogP contribution in [-0.2, 0) is 0 Å². The molecule has 0 aromatic heterocycles. The summed E-state index contributed by atoms with van der Waals surface area (Å²) < 4.78 is 0.969. The van der Waals surface area contributed by atoms with E-state index in [9.17, 15) is 4.79 Å². The number of halogens is 1. The fraction of sp³-hybridized carbons (Fsp3) is 0.588. The quantitative estimate of drug-likeness (QED) is 0.814. The van der Waals surface area contributed by atoms with Crippen molar-refractivity contribution in [3.05, 3.63) is 34.3 Å². The Bertz CT molecular complexity index is 491. The molecule has 0 N–H and O–H groups in total. The second kappa shape index (κ2) is 6.93. The molecule has 1 aromatic rings. The molecule has 2 heterocycles. The fourth-order valence-corrected chi connectivity index (χ4v) is 3.92. The maximum atomic E-state index is 12.5. The van der Waals surface area contributed by atoms with Crippen LogP contribution in [0.1, 0.15) is 42.5 Å². The third kappa shape index (κ3) is 3.67. The van der Waals surface area contributed by atoms with Crippen molar-refractivity contribution in [2.75, 3.05) is 26.2 Å². The van der Waals surface area contributed by atoms with Crippen LogP contribution < -0.4 is 0 Å². The Labute approximate surface area is 135 Å². The van der Waals surface area contributed by atoms with Crippen molar-refractivity contribution in [3.63, 3.8) is 0 Å². The Hall–Kier alpha value is -0.870. The van der Waals surface area contributed by atoms with Crippen LogP contribution in [0.5, 0.6) is 0 Å². The van der Waals surface area contributed by atoms with Gasteiger partial charge in [0.15, 0.2) is 0 Å². The monoisotopic (exact) mass is 350 g/mol. The maximum Gasteiger partial charge on any atom is 0.253 e. The Morgan fingerprint density at radius 2 is 1.76 bits per heavy atom. The van der Waals surface area contributed by atoms with Gasteiger partial charge in [0.25, 0.3) is 5.91 Å².